The standard InChI is InChI=1S/C18H34/c1-4-6-14-18(3,5-2)17-13-9-11-15-10-7-8-12-16(15)17/h15-17H,4-14H2,1-3H3. The van der Waals surface area contributed by atoms with Gasteiger partial charge >= 0.3 is 0 Å². The summed E-state index contributed by atoms with van der Waals surface area (Å²) in [6, 6.07) is 0. The van der Waals surface area contributed by atoms with E-state index in [-0.39, 0.29) is 0 Å². The second kappa shape index (κ2) is 6.44. The molecule has 2 saturated carbocycles. The van der Waals surface area contributed by atoms with Crippen LogP contribution in [0.25, 0.3) is 0 Å². The first kappa shape index (κ1) is 14.4. The van der Waals surface area contributed by atoms with Crippen molar-refractivity contribution in [2.45, 2.75) is 91.4 Å². The lowest BCUT2D eigenvalue weighted by Gasteiger charge is -2.49. The molecule has 0 spiro atoms. The summed E-state index contributed by atoms with van der Waals surface area (Å²) in [5.74, 6) is 3.24. The molecule has 2 fully saturated rings. The van der Waals surface area contributed by atoms with Crippen molar-refractivity contribution in [1.82, 2.24) is 0 Å². The largest absolute Gasteiger partial charge is 0.0654 e. The average molecular weight is 250 g/mol. The molecule has 4 unspecified atom stereocenters. The van der Waals surface area contributed by atoms with Crippen molar-refractivity contribution in [1.29, 1.82) is 0 Å². The molecule has 0 heterocycles. The Morgan fingerprint density at radius 3 is 2.39 bits per heavy atom. The van der Waals surface area contributed by atoms with Crippen LogP contribution in [0.3, 0.4) is 0 Å². The van der Waals surface area contributed by atoms with E-state index in [0.29, 0.717) is 5.41 Å². The second-order valence-electron chi connectivity index (χ2n) is 7.36. The van der Waals surface area contributed by atoms with Gasteiger partial charge in [-0.1, -0.05) is 72.1 Å². The van der Waals surface area contributed by atoms with E-state index in [1.807, 2.05) is 0 Å². The minimum Gasteiger partial charge on any atom is -0.0654 e. The van der Waals surface area contributed by atoms with Crippen molar-refractivity contribution in [2.75, 3.05) is 0 Å². The molecule has 0 nitrogen and oxygen atoms in total. The molecule has 0 aromatic carbocycles. The van der Waals surface area contributed by atoms with Gasteiger partial charge in [-0.2, -0.15) is 0 Å². The first-order valence-corrected chi connectivity index (χ1v) is 8.71. The highest BCUT2D eigenvalue weighted by Gasteiger charge is 2.43. The van der Waals surface area contributed by atoms with Crippen molar-refractivity contribution in [2.24, 2.45) is 23.2 Å². The van der Waals surface area contributed by atoms with Gasteiger partial charge in [-0.15, -0.1) is 0 Å². The Morgan fingerprint density at radius 1 is 0.944 bits per heavy atom. The van der Waals surface area contributed by atoms with Gasteiger partial charge in [0.05, 0.1) is 0 Å². The molecule has 2 aliphatic carbocycles. The third-order valence-corrected chi connectivity index (χ3v) is 6.38. The Morgan fingerprint density at radius 2 is 1.67 bits per heavy atom. The first-order chi connectivity index (χ1) is 8.71. The fraction of sp³-hybridized carbons (Fsp3) is 1.00. The summed E-state index contributed by atoms with van der Waals surface area (Å²) in [5.41, 5.74) is 0.649. The van der Waals surface area contributed by atoms with E-state index >= 15 is 0 Å². The van der Waals surface area contributed by atoms with Gasteiger partial charge in [0.15, 0.2) is 0 Å². The van der Waals surface area contributed by atoms with Crippen LogP contribution < -0.4 is 0 Å². The zero-order valence-electron chi connectivity index (χ0n) is 13.0. The molecule has 2 aliphatic rings. The third-order valence-electron chi connectivity index (χ3n) is 6.38. The predicted molar refractivity (Wildman–Crippen MR) is 80.7 cm³/mol. The van der Waals surface area contributed by atoms with Crippen LogP contribution >= 0.6 is 0 Å². The molecule has 4 atom stereocenters. The van der Waals surface area contributed by atoms with Crippen LogP contribution in [0.2, 0.25) is 0 Å². The zero-order valence-corrected chi connectivity index (χ0v) is 13.0. The number of rotatable bonds is 5. The number of fused-ring (bicyclic) bond motifs is 1. The van der Waals surface area contributed by atoms with Gasteiger partial charge in [0, 0.05) is 0 Å². The second-order valence-corrected chi connectivity index (χ2v) is 7.36. The van der Waals surface area contributed by atoms with Gasteiger partial charge in [0.1, 0.15) is 0 Å². The fourth-order valence-electron chi connectivity index (χ4n) is 5.01. The monoisotopic (exact) mass is 250 g/mol. The van der Waals surface area contributed by atoms with Crippen LogP contribution in [0, 0.1) is 23.2 Å². The van der Waals surface area contributed by atoms with Crippen LogP contribution in [0.15, 0.2) is 0 Å². The molecule has 0 aromatic heterocycles. The van der Waals surface area contributed by atoms with Crippen LogP contribution in [0.5, 0.6) is 0 Å². The van der Waals surface area contributed by atoms with E-state index in [0.717, 1.165) is 17.8 Å². The number of hydrogen-bond donors (Lipinski definition) is 0. The van der Waals surface area contributed by atoms with E-state index in [9.17, 15) is 0 Å². The molecule has 2 rings (SSSR count). The van der Waals surface area contributed by atoms with Crippen molar-refractivity contribution >= 4 is 0 Å². The average Bonchev–Trinajstić information content (AvgIpc) is 2.44. The molecule has 0 radical (unpaired) electrons. The van der Waals surface area contributed by atoms with Crippen molar-refractivity contribution in [3.8, 4) is 0 Å². The van der Waals surface area contributed by atoms with Crippen LogP contribution in [0.1, 0.15) is 91.4 Å². The predicted octanol–water partition coefficient (Wildman–Crippen LogP) is 6.20. The molecule has 0 amide bonds. The minimum atomic E-state index is 0.649. The van der Waals surface area contributed by atoms with E-state index in [4.69, 9.17) is 0 Å². The van der Waals surface area contributed by atoms with Gasteiger partial charge in [-0.25, -0.2) is 0 Å². The molecule has 106 valence electrons. The summed E-state index contributed by atoms with van der Waals surface area (Å²) < 4.78 is 0. The first-order valence-electron chi connectivity index (χ1n) is 8.71. The number of hydrogen-bond acceptors (Lipinski definition) is 0. The summed E-state index contributed by atoms with van der Waals surface area (Å²) in [6.07, 6.45) is 16.4. The maximum atomic E-state index is 2.62. The molecular formula is C18H34. The fourth-order valence-corrected chi connectivity index (χ4v) is 5.01. The highest BCUT2D eigenvalue weighted by atomic mass is 14.5. The van der Waals surface area contributed by atoms with Crippen LogP contribution in [-0.4, -0.2) is 0 Å². The molecule has 18 heavy (non-hydrogen) atoms. The highest BCUT2D eigenvalue weighted by Crippen LogP contribution is 2.53. The Hall–Kier alpha value is 0. The minimum absolute atomic E-state index is 0.649. The smallest absolute Gasteiger partial charge is 0.0297 e. The maximum absolute atomic E-state index is 2.62. The molecule has 0 aliphatic heterocycles. The van der Waals surface area contributed by atoms with Crippen LogP contribution in [0.4, 0.5) is 0 Å². The Kier molecular flexibility index (Phi) is 5.15. The molecular weight excluding hydrogens is 216 g/mol. The van der Waals surface area contributed by atoms with Gasteiger partial charge < -0.3 is 0 Å². The van der Waals surface area contributed by atoms with Crippen molar-refractivity contribution in [3.63, 3.8) is 0 Å². The summed E-state index contributed by atoms with van der Waals surface area (Å²) in [6.45, 7) is 7.41. The van der Waals surface area contributed by atoms with Crippen molar-refractivity contribution in [3.05, 3.63) is 0 Å². The zero-order chi connectivity index (χ0) is 13.0. The van der Waals surface area contributed by atoms with Gasteiger partial charge in [-0.3, -0.25) is 0 Å². The third kappa shape index (κ3) is 2.94. The summed E-state index contributed by atoms with van der Waals surface area (Å²) in [5, 5.41) is 0. The van der Waals surface area contributed by atoms with Gasteiger partial charge in [0.2, 0.25) is 0 Å². The molecule has 0 bridgehead atoms. The Labute approximate surface area is 115 Å². The molecule has 0 saturated heterocycles. The lowest BCUT2D eigenvalue weighted by atomic mass is 9.56. The normalized spacial score (nSPS) is 35.8. The lowest BCUT2D eigenvalue weighted by molar-refractivity contribution is 0.00548. The summed E-state index contributed by atoms with van der Waals surface area (Å²) >= 11 is 0. The maximum Gasteiger partial charge on any atom is -0.0297 e. The van der Waals surface area contributed by atoms with E-state index < -0.39 is 0 Å². The highest BCUT2D eigenvalue weighted by molar-refractivity contribution is 4.93. The van der Waals surface area contributed by atoms with Crippen molar-refractivity contribution < 1.29 is 0 Å². The molecule has 0 N–H and O–H groups in total. The SMILES string of the molecule is CCCCC(C)(CC)C1CCCC2CCCCC21. The quantitative estimate of drug-likeness (QED) is 0.545. The summed E-state index contributed by atoms with van der Waals surface area (Å²) in [7, 11) is 0. The van der Waals surface area contributed by atoms with Gasteiger partial charge in [-0.05, 0) is 42.4 Å². The van der Waals surface area contributed by atoms with Crippen LogP contribution in [-0.2, 0) is 0 Å². The molecule has 0 heteroatoms. The lowest BCUT2D eigenvalue weighted by Crippen LogP contribution is -2.40. The number of unbranched alkanes of at least 4 members (excludes halogenated alkanes) is 1. The Balaban J connectivity index is 2.07. The van der Waals surface area contributed by atoms with Gasteiger partial charge in [0.25, 0.3) is 0 Å². The topological polar surface area (TPSA) is 0 Å². The van der Waals surface area contributed by atoms with E-state index in [2.05, 4.69) is 20.8 Å². The van der Waals surface area contributed by atoms with E-state index in [1.54, 1.807) is 19.3 Å². The summed E-state index contributed by atoms with van der Waals surface area (Å²) in [4.78, 5) is 0. The van der Waals surface area contributed by atoms with E-state index in [1.165, 1.54) is 51.4 Å². The Bertz CT molecular complexity index is 242. The molecule has 0 aromatic rings.